The molecule has 0 saturated carbocycles. The summed E-state index contributed by atoms with van der Waals surface area (Å²) in [5.41, 5.74) is 8.40. The Bertz CT molecular complexity index is 640. The van der Waals surface area contributed by atoms with Crippen LogP contribution in [0.5, 0.6) is 5.75 Å². The van der Waals surface area contributed by atoms with Crippen LogP contribution in [0.1, 0.15) is 36.8 Å². The molecule has 1 heterocycles. The second kappa shape index (κ2) is 6.58. The Morgan fingerprint density at radius 1 is 1.48 bits per heavy atom. The zero-order chi connectivity index (χ0) is 15.6. The van der Waals surface area contributed by atoms with Crippen molar-refractivity contribution >= 4 is 15.9 Å². The Balaban J connectivity index is 2.25. The van der Waals surface area contributed by atoms with Crippen LogP contribution in [0.2, 0.25) is 0 Å². The molecular formula is C15H19BrFN3O. The van der Waals surface area contributed by atoms with E-state index in [1.807, 2.05) is 18.5 Å². The van der Waals surface area contributed by atoms with Crippen LogP contribution in [0.25, 0.3) is 0 Å². The van der Waals surface area contributed by atoms with Crippen LogP contribution in [0.4, 0.5) is 4.39 Å². The molecule has 0 aliphatic heterocycles. The fraction of sp³-hybridized carbons (Fsp3) is 0.400. The minimum Gasteiger partial charge on any atom is -0.487 e. The highest BCUT2D eigenvalue weighted by Gasteiger charge is 2.15. The summed E-state index contributed by atoms with van der Waals surface area (Å²) in [7, 11) is 0. The molecule has 0 spiro atoms. The van der Waals surface area contributed by atoms with E-state index in [1.165, 1.54) is 12.1 Å². The fourth-order valence-electron chi connectivity index (χ4n) is 2.16. The molecule has 1 aromatic heterocycles. The Labute approximate surface area is 132 Å². The first-order valence-corrected chi connectivity index (χ1v) is 7.63. The van der Waals surface area contributed by atoms with Crippen LogP contribution < -0.4 is 10.5 Å². The second-order valence-electron chi connectivity index (χ2n) is 4.92. The summed E-state index contributed by atoms with van der Waals surface area (Å²) in [6, 6.07) is 4.11. The Morgan fingerprint density at radius 3 is 2.81 bits per heavy atom. The van der Waals surface area contributed by atoms with Gasteiger partial charge in [-0.25, -0.2) is 4.39 Å². The third-order valence-corrected chi connectivity index (χ3v) is 4.31. The molecule has 1 aromatic carbocycles. The number of rotatable bonds is 5. The summed E-state index contributed by atoms with van der Waals surface area (Å²) in [6.45, 7) is 6.87. The minimum atomic E-state index is -0.315. The van der Waals surface area contributed by atoms with Gasteiger partial charge in [0.05, 0.1) is 15.9 Å². The molecule has 1 unspecified atom stereocenters. The SMILES string of the molecule is CCn1nc(C)c(Br)c1COc1ccc(F)cc1C(C)N. The lowest BCUT2D eigenvalue weighted by molar-refractivity contribution is 0.287. The lowest BCUT2D eigenvalue weighted by Gasteiger charge is -2.14. The Hall–Kier alpha value is -1.40. The van der Waals surface area contributed by atoms with Crippen LogP contribution >= 0.6 is 15.9 Å². The van der Waals surface area contributed by atoms with Crippen LogP contribution in [-0.2, 0) is 13.2 Å². The highest BCUT2D eigenvalue weighted by Crippen LogP contribution is 2.27. The van der Waals surface area contributed by atoms with Gasteiger partial charge in [-0.1, -0.05) is 0 Å². The van der Waals surface area contributed by atoms with Gasteiger partial charge in [-0.05, 0) is 54.9 Å². The van der Waals surface area contributed by atoms with E-state index in [4.69, 9.17) is 10.5 Å². The summed E-state index contributed by atoms with van der Waals surface area (Å²) in [6.07, 6.45) is 0. The maximum absolute atomic E-state index is 13.3. The van der Waals surface area contributed by atoms with Crippen LogP contribution in [-0.4, -0.2) is 9.78 Å². The molecule has 0 amide bonds. The van der Waals surface area contributed by atoms with Crippen molar-refractivity contribution in [2.75, 3.05) is 0 Å². The molecule has 4 nitrogen and oxygen atoms in total. The lowest BCUT2D eigenvalue weighted by Crippen LogP contribution is -2.11. The molecule has 1 atom stereocenters. The van der Waals surface area contributed by atoms with Crippen molar-refractivity contribution in [3.63, 3.8) is 0 Å². The van der Waals surface area contributed by atoms with Gasteiger partial charge in [0.2, 0.25) is 0 Å². The normalized spacial score (nSPS) is 12.5. The van der Waals surface area contributed by atoms with Crippen molar-refractivity contribution in [2.45, 2.75) is 40.0 Å². The molecule has 2 N–H and O–H groups in total. The zero-order valence-electron chi connectivity index (χ0n) is 12.4. The largest absolute Gasteiger partial charge is 0.487 e. The topological polar surface area (TPSA) is 53.1 Å². The average molecular weight is 356 g/mol. The molecule has 0 radical (unpaired) electrons. The van der Waals surface area contributed by atoms with Gasteiger partial charge in [0.1, 0.15) is 18.2 Å². The molecule has 0 aliphatic carbocycles. The summed E-state index contributed by atoms with van der Waals surface area (Å²) >= 11 is 3.53. The number of hydrogen-bond donors (Lipinski definition) is 1. The predicted octanol–water partition coefficient (Wildman–Crippen LogP) is 3.71. The highest BCUT2D eigenvalue weighted by atomic mass is 79.9. The third kappa shape index (κ3) is 3.44. The molecule has 0 bridgehead atoms. The van der Waals surface area contributed by atoms with Crippen molar-refractivity contribution < 1.29 is 9.13 Å². The molecule has 0 aliphatic rings. The van der Waals surface area contributed by atoms with E-state index in [0.717, 1.165) is 22.4 Å². The van der Waals surface area contributed by atoms with E-state index < -0.39 is 0 Å². The number of hydrogen-bond acceptors (Lipinski definition) is 3. The minimum absolute atomic E-state index is 0.294. The van der Waals surface area contributed by atoms with Gasteiger partial charge in [-0.2, -0.15) is 5.10 Å². The summed E-state index contributed by atoms with van der Waals surface area (Å²) in [5, 5.41) is 4.42. The van der Waals surface area contributed by atoms with Gasteiger partial charge < -0.3 is 10.5 Å². The van der Waals surface area contributed by atoms with E-state index in [2.05, 4.69) is 21.0 Å². The summed E-state index contributed by atoms with van der Waals surface area (Å²) < 4.78 is 22.0. The van der Waals surface area contributed by atoms with E-state index >= 15 is 0 Å². The van der Waals surface area contributed by atoms with Gasteiger partial charge in [0.15, 0.2) is 0 Å². The predicted molar refractivity (Wildman–Crippen MR) is 83.7 cm³/mol. The molecule has 2 rings (SSSR count). The molecule has 2 aromatic rings. The Kier molecular flexibility index (Phi) is 5.00. The molecular weight excluding hydrogens is 337 g/mol. The fourth-order valence-corrected chi connectivity index (χ4v) is 2.56. The number of aromatic nitrogens is 2. The van der Waals surface area contributed by atoms with Crippen LogP contribution in [0.15, 0.2) is 22.7 Å². The number of nitrogens with zero attached hydrogens (tertiary/aromatic N) is 2. The van der Waals surface area contributed by atoms with Crippen LogP contribution in [0, 0.1) is 12.7 Å². The lowest BCUT2D eigenvalue weighted by atomic mass is 10.1. The van der Waals surface area contributed by atoms with E-state index in [-0.39, 0.29) is 11.9 Å². The quantitative estimate of drug-likeness (QED) is 0.889. The first kappa shape index (κ1) is 16.0. The van der Waals surface area contributed by atoms with E-state index in [9.17, 15) is 4.39 Å². The standard InChI is InChI=1S/C15H19BrFN3O/c1-4-20-13(15(16)10(3)19-20)8-21-14-6-5-11(17)7-12(14)9(2)18/h5-7,9H,4,8,18H2,1-3H3. The van der Waals surface area contributed by atoms with Crippen molar-refractivity contribution in [1.29, 1.82) is 0 Å². The highest BCUT2D eigenvalue weighted by molar-refractivity contribution is 9.10. The van der Waals surface area contributed by atoms with Gasteiger partial charge >= 0.3 is 0 Å². The molecule has 0 fully saturated rings. The molecule has 0 saturated heterocycles. The van der Waals surface area contributed by atoms with Crippen molar-refractivity contribution in [3.8, 4) is 5.75 Å². The monoisotopic (exact) mass is 355 g/mol. The van der Waals surface area contributed by atoms with E-state index in [0.29, 0.717) is 17.9 Å². The number of halogens is 2. The first-order chi connectivity index (χ1) is 9.93. The third-order valence-electron chi connectivity index (χ3n) is 3.28. The average Bonchev–Trinajstić information content (AvgIpc) is 2.72. The van der Waals surface area contributed by atoms with Crippen molar-refractivity contribution in [2.24, 2.45) is 5.73 Å². The molecule has 21 heavy (non-hydrogen) atoms. The molecule has 6 heteroatoms. The smallest absolute Gasteiger partial charge is 0.131 e. The summed E-state index contributed by atoms with van der Waals surface area (Å²) in [4.78, 5) is 0. The zero-order valence-corrected chi connectivity index (χ0v) is 13.9. The Morgan fingerprint density at radius 2 is 2.19 bits per heavy atom. The summed E-state index contributed by atoms with van der Waals surface area (Å²) in [5.74, 6) is 0.282. The van der Waals surface area contributed by atoms with E-state index in [1.54, 1.807) is 13.0 Å². The van der Waals surface area contributed by atoms with Gasteiger partial charge in [0, 0.05) is 18.2 Å². The van der Waals surface area contributed by atoms with Gasteiger partial charge in [0.25, 0.3) is 0 Å². The van der Waals surface area contributed by atoms with Crippen molar-refractivity contribution in [1.82, 2.24) is 9.78 Å². The number of ether oxygens (including phenoxy) is 1. The number of benzene rings is 1. The van der Waals surface area contributed by atoms with Crippen molar-refractivity contribution in [3.05, 3.63) is 45.4 Å². The maximum atomic E-state index is 13.3. The maximum Gasteiger partial charge on any atom is 0.131 e. The number of aryl methyl sites for hydroxylation is 2. The first-order valence-electron chi connectivity index (χ1n) is 6.83. The van der Waals surface area contributed by atoms with Gasteiger partial charge in [-0.3, -0.25) is 4.68 Å². The number of nitrogens with two attached hydrogens (primary N) is 1. The van der Waals surface area contributed by atoms with Gasteiger partial charge in [-0.15, -0.1) is 0 Å². The second-order valence-corrected chi connectivity index (χ2v) is 5.71. The van der Waals surface area contributed by atoms with Crippen LogP contribution in [0.3, 0.4) is 0 Å². The molecule has 114 valence electrons.